The van der Waals surface area contributed by atoms with Gasteiger partial charge in [0.2, 0.25) is 5.95 Å². The van der Waals surface area contributed by atoms with Gasteiger partial charge in [0, 0.05) is 57.2 Å². The number of hydrogen-bond acceptors (Lipinski definition) is 6. The predicted molar refractivity (Wildman–Crippen MR) is 109 cm³/mol. The van der Waals surface area contributed by atoms with E-state index in [1.807, 2.05) is 18.5 Å². The van der Waals surface area contributed by atoms with Crippen LogP contribution in [0.2, 0.25) is 0 Å². The second-order valence-electron chi connectivity index (χ2n) is 8.60. The molecule has 1 N–H and O–H groups in total. The fraction of sp³-hybridized carbons (Fsp3) is 0.667. The molecule has 0 radical (unpaired) electrons. The van der Waals surface area contributed by atoms with Crippen LogP contribution in [0.1, 0.15) is 50.3 Å². The first kappa shape index (κ1) is 17.9. The number of aliphatic hydroxyl groups is 1. The van der Waals surface area contributed by atoms with Gasteiger partial charge in [0.1, 0.15) is 11.6 Å². The van der Waals surface area contributed by atoms with Crippen LogP contribution in [-0.4, -0.2) is 56.9 Å². The average molecular weight is 383 g/mol. The van der Waals surface area contributed by atoms with Crippen LogP contribution < -0.4 is 9.80 Å². The lowest BCUT2D eigenvalue weighted by molar-refractivity contribution is 0.154. The van der Waals surface area contributed by atoms with Gasteiger partial charge in [-0.15, -0.1) is 0 Å². The second kappa shape index (κ2) is 7.70. The van der Waals surface area contributed by atoms with Gasteiger partial charge < -0.3 is 19.5 Å². The van der Waals surface area contributed by atoms with Crippen molar-refractivity contribution in [3.63, 3.8) is 0 Å². The minimum Gasteiger partial charge on any atom is -0.391 e. The molecule has 1 atom stereocenters. The van der Waals surface area contributed by atoms with E-state index in [4.69, 9.17) is 4.98 Å². The van der Waals surface area contributed by atoms with E-state index in [1.165, 1.54) is 18.7 Å². The van der Waals surface area contributed by atoms with Crippen LogP contribution in [0.3, 0.4) is 0 Å². The van der Waals surface area contributed by atoms with Crippen LogP contribution in [0.5, 0.6) is 0 Å². The molecule has 5 rings (SSSR count). The summed E-state index contributed by atoms with van der Waals surface area (Å²) >= 11 is 0. The van der Waals surface area contributed by atoms with E-state index in [0.717, 1.165) is 69.5 Å². The summed E-state index contributed by atoms with van der Waals surface area (Å²) in [7, 11) is 0. The Hall–Kier alpha value is -2.15. The maximum Gasteiger partial charge on any atom is 0.227 e. The molecule has 7 nitrogen and oxygen atoms in total. The van der Waals surface area contributed by atoms with E-state index in [2.05, 4.69) is 30.5 Å². The van der Waals surface area contributed by atoms with Gasteiger partial charge in [-0.1, -0.05) is 0 Å². The fourth-order valence-corrected chi connectivity index (χ4v) is 4.58. The molecule has 7 heteroatoms. The van der Waals surface area contributed by atoms with E-state index in [9.17, 15) is 5.11 Å². The molecule has 1 saturated carbocycles. The zero-order valence-electron chi connectivity index (χ0n) is 16.5. The van der Waals surface area contributed by atoms with Crippen LogP contribution >= 0.6 is 0 Å². The molecule has 1 aliphatic carbocycles. The first-order valence-electron chi connectivity index (χ1n) is 10.8. The molecular formula is C21H30N6O. The zero-order chi connectivity index (χ0) is 18.9. The molecule has 2 aromatic rings. The van der Waals surface area contributed by atoms with Gasteiger partial charge in [0.15, 0.2) is 0 Å². The van der Waals surface area contributed by atoms with Gasteiger partial charge in [-0.3, -0.25) is 0 Å². The third-order valence-electron chi connectivity index (χ3n) is 6.39. The number of β-amino-alcohol motifs (C(OH)–C–C–N with tert-alkyl or cyclic N) is 1. The Morgan fingerprint density at radius 1 is 0.964 bits per heavy atom. The van der Waals surface area contributed by atoms with E-state index in [1.54, 1.807) is 0 Å². The lowest BCUT2D eigenvalue weighted by Crippen LogP contribution is -2.39. The number of rotatable bonds is 5. The number of imidazole rings is 1. The Labute approximate surface area is 166 Å². The van der Waals surface area contributed by atoms with Crippen molar-refractivity contribution >= 4 is 11.8 Å². The molecular weight excluding hydrogens is 352 g/mol. The Bertz CT molecular complexity index is 796. The van der Waals surface area contributed by atoms with E-state index >= 15 is 0 Å². The topological polar surface area (TPSA) is 70.3 Å². The molecule has 0 spiro atoms. The Kier molecular flexibility index (Phi) is 4.93. The van der Waals surface area contributed by atoms with Crippen LogP contribution in [-0.2, 0) is 6.54 Å². The SMILES string of the molecule is O[C@@H]1CCCN(c2ccnc(N3CCC(c4nccn4CC4CC4)CC3)n2)C1. The predicted octanol–water partition coefficient (Wildman–Crippen LogP) is 2.43. The maximum atomic E-state index is 9.96. The molecule has 3 fully saturated rings. The van der Waals surface area contributed by atoms with Crippen LogP contribution in [0.4, 0.5) is 11.8 Å². The van der Waals surface area contributed by atoms with Crippen LogP contribution in [0.15, 0.2) is 24.7 Å². The number of nitrogens with zero attached hydrogens (tertiary/aromatic N) is 6. The first-order chi connectivity index (χ1) is 13.8. The van der Waals surface area contributed by atoms with Crippen molar-refractivity contribution < 1.29 is 5.11 Å². The van der Waals surface area contributed by atoms with Gasteiger partial charge in [0.25, 0.3) is 0 Å². The van der Waals surface area contributed by atoms with Crippen molar-refractivity contribution in [2.24, 2.45) is 5.92 Å². The molecule has 3 aliphatic rings. The van der Waals surface area contributed by atoms with E-state index < -0.39 is 0 Å². The molecule has 28 heavy (non-hydrogen) atoms. The number of piperidine rings is 2. The molecule has 0 aromatic carbocycles. The number of aromatic nitrogens is 4. The molecule has 2 saturated heterocycles. The molecule has 0 amide bonds. The van der Waals surface area contributed by atoms with Gasteiger partial charge in [-0.25, -0.2) is 9.97 Å². The minimum atomic E-state index is -0.248. The number of aliphatic hydroxyl groups excluding tert-OH is 1. The molecule has 2 aliphatic heterocycles. The van der Waals surface area contributed by atoms with Crippen molar-refractivity contribution in [1.82, 2.24) is 19.5 Å². The van der Waals surface area contributed by atoms with Crippen molar-refractivity contribution in [3.8, 4) is 0 Å². The Balaban J connectivity index is 1.23. The molecule has 150 valence electrons. The molecule has 0 bridgehead atoms. The summed E-state index contributed by atoms with van der Waals surface area (Å²) < 4.78 is 2.39. The molecule has 4 heterocycles. The van der Waals surface area contributed by atoms with Gasteiger partial charge in [-0.2, -0.15) is 4.98 Å². The summed E-state index contributed by atoms with van der Waals surface area (Å²) in [6.07, 6.45) is 12.6. The highest BCUT2D eigenvalue weighted by Gasteiger charge is 2.28. The standard InChI is InChI=1S/C21H30N6O/c28-18-2-1-10-26(15-18)19-5-8-23-21(24-19)25-11-6-17(7-12-25)20-22-9-13-27(20)14-16-3-4-16/h5,8-9,13,16-18,28H,1-4,6-7,10-12,14-15H2/t18-/m1/s1. The van der Waals surface area contributed by atoms with E-state index in [0.29, 0.717) is 12.5 Å². The lowest BCUT2D eigenvalue weighted by atomic mass is 9.96. The van der Waals surface area contributed by atoms with Gasteiger partial charge in [0.05, 0.1) is 6.10 Å². The highest BCUT2D eigenvalue weighted by atomic mass is 16.3. The number of anilines is 2. The summed E-state index contributed by atoms with van der Waals surface area (Å²) in [6.45, 7) is 4.70. The van der Waals surface area contributed by atoms with Crippen molar-refractivity contribution in [1.29, 1.82) is 0 Å². The maximum absolute atomic E-state index is 9.96. The summed E-state index contributed by atoms with van der Waals surface area (Å²) in [5, 5.41) is 9.96. The minimum absolute atomic E-state index is 0.248. The number of hydrogen-bond donors (Lipinski definition) is 1. The van der Waals surface area contributed by atoms with Crippen LogP contribution in [0, 0.1) is 5.92 Å². The Morgan fingerprint density at radius 2 is 1.82 bits per heavy atom. The van der Waals surface area contributed by atoms with Crippen molar-refractivity contribution in [3.05, 3.63) is 30.5 Å². The monoisotopic (exact) mass is 382 g/mol. The third-order valence-corrected chi connectivity index (χ3v) is 6.39. The van der Waals surface area contributed by atoms with Crippen LogP contribution in [0.25, 0.3) is 0 Å². The van der Waals surface area contributed by atoms with Crippen molar-refractivity contribution in [2.75, 3.05) is 36.0 Å². The normalized spacial score (nSPS) is 24.0. The van der Waals surface area contributed by atoms with Gasteiger partial charge in [-0.05, 0) is 50.5 Å². The fourth-order valence-electron chi connectivity index (χ4n) is 4.58. The molecule has 0 unspecified atom stereocenters. The highest BCUT2D eigenvalue weighted by molar-refractivity contribution is 5.44. The van der Waals surface area contributed by atoms with Gasteiger partial charge >= 0.3 is 0 Å². The largest absolute Gasteiger partial charge is 0.391 e. The third kappa shape index (κ3) is 3.85. The average Bonchev–Trinajstić information content (AvgIpc) is 3.43. The summed E-state index contributed by atoms with van der Waals surface area (Å²) in [6, 6.07) is 1.96. The summed E-state index contributed by atoms with van der Waals surface area (Å²) in [5.41, 5.74) is 0. The quantitative estimate of drug-likeness (QED) is 0.856. The lowest BCUT2D eigenvalue weighted by Gasteiger charge is -2.34. The summed E-state index contributed by atoms with van der Waals surface area (Å²) in [4.78, 5) is 18.5. The second-order valence-corrected chi connectivity index (χ2v) is 8.60. The molecule has 2 aromatic heterocycles. The summed E-state index contributed by atoms with van der Waals surface area (Å²) in [5.74, 6) is 4.43. The zero-order valence-corrected chi connectivity index (χ0v) is 16.5. The highest BCUT2D eigenvalue weighted by Crippen LogP contribution is 2.34. The first-order valence-corrected chi connectivity index (χ1v) is 10.8. The Morgan fingerprint density at radius 3 is 2.61 bits per heavy atom. The smallest absolute Gasteiger partial charge is 0.227 e. The van der Waals surface area contributed by atoms with E-state index in [-0.39, 0.29) is 6.10 Å². The van der Waals surface area contributed by atoms with Crippen molar-refractivity contribution in [2.45, 2.75) is 57.1 Å².